The highest BCUT2D eigenvalue weighted by molar-refractivity contribution is 5.91. The second-order valence-electron chi connectivity index (χ2n) is 4.73. The van der Waals surface area contributed by atoms with Gasteiger partial charge in [-0.1, -0.05) is 26.0 Å². The lowest BCUT2D eigenvalue weighted by Gasteiger charge is -2.15. The van der Waals surface area contributed by atoms with Gasteiger partial charge in [0.25, 0.3) is 5.69 Å². The Morgan fingerprint density at radius 1 is 1.37 bits per heavy atom. The molecule has 102 valence electrons. The molecule has 0 bridgehead atoms. The molecule has 1 amide bonds. The normalized spacial score (nSPS) is 12.6. The van der Waals surface area contributed by atoms with Crippen molar-refractivity contribution in [3.63, 3.8) is 0 Å². The van der Waals surface area contributed by atoms with Crippen molar-refractivity contribution in [1.29, 1.82) is 0 Å². The van der Waals surface area contributed by atoms with Crippen molar-refractivity contribution >= 4 is 17.7 Å². The largest absolute Gasteiger partial charge is 0.350 e. The van der Waals surface area contributed by atoms with Gasteiger partial charge in [-0.05, 0) is 24.5 Å². The molecule has 0 saturated heterocycles. The minimum atomic E-state index is -0.460. The number of hydrogen-bond donors (Lipinski definition) is 1. The molecule has 0 aromatic heterocycles. The number of non-ortho nitro benzene ring substituents is 1. The van der Waals surface area contributed by atoms with Crippen molar-refractivity contribution in [2.45, 2.75) is 26.8 Å². The Labute approximate surface area is 112 Å². The number of amides is 1. The Bertz CT molecular complexity index is 495. The molecule has 0 aliphatic heterocycles. The summed E-state index contributed by atoms with van der Waals surface area (Å²) < 4.78 is 0. The molecular formula is C14H18N2O3. The molecule has 1 atom stereocenters. The van der Waals surface area contributed by atoms with Crippen LogP contribution in [0.25, 0.3) is 6.08 Å². The number of hydrogen-bond acceptors (Lipinski definition) is 3. The van der Waals surface area contributed by atoms with Gasteiger partial charge in [-0.2, -0.15) is 0 Å². The Hall–Kier alpha value is -2.17. The van der Waals surface area contributed by atoms with Crippen LogP contribution in [0.3, 0.4) is 0 Å². The van der Waals surface area contributed by atoms with E-state index in [2.05, 4.69) is 5.32 Å². The number of rotatable bonds is 5. The molecule has 19 heavy (non-hydrogen) atoms. The number of carbonyl (C=O) groups excluding carboxylic acids is 1. The highest BCUT2D eigenvalue weighted by Crippen LogP contribution is 2.14. The molecule has 1 rings (SSSR count). The van der Waals surface area contributed by atoms with E-state index in [1.807, 2.05) is 20.8 Å². The van der Waals surface area contributed by atoms with Gasteiger partial charge in [0.15, 0.2) is 0 Å². The summed E-state index contributed by atoms with van der Waals surface area (Å²) in [5.74, 6) is 0.155. The summed E-state index contributed by atoms with van der Waals surface area (Å²) in [5.41, 5.74) is 0.639. The van der Waals surface area contributed by atoms with Crippen LogP contribution in [0.5, 0.6) is 0 Å². The number of nitro groups is 1. The van der Waals surface area contributed by atoms with Crippen molar-refractivity contribution in [1.82, 2.24) is 5.32 Å². The fraction of sp³-hybridized carbons (Fsp3) is 0.357. The quantitative estimate of drug-likeness (QED) is 0.504. The highest BCUT2D eigenvalue weighted by atomic mass is 16.6. The van der Waals surface area contributed by atoms with Gasteiger partial charge < -0.3 is 5.32 Å². The predicted octanol–water partition coefficient (Wildman–Crippen LogP) is 2.77. The molecule has 1 N–H and O–H groups in total. The zero-order valence-corrected chi connectivity index (χ0v) is 11.3. The van der Waals surface area contributed by atoms with E-state index >= 15 is 0 Å². The summed E-state index contributed by atoms with van der Waals surface area (Å²) in [4.78, 5) is 21.8. The summed E-state index contributed by atoms with van der Waals surface area (Å²) in [7, 11) is 0. The highest BCUT2D eigenvalue weighted by Gasteiger charge is 2.08. The molecule has 0 unspecified atom stereocenters. The Kier molecular flexibility index (Phi) is 5.23. The van der Waals surface area contributed by atoms with Crippen molar-refractivity contribution in [3.05, 3.63) is 46.0 Å². The van der Waals surface area contributed by atoms with Crippen LogP contribution in [0.2, 0.25) is 0 Å². The zero-order valence-electron chi connectivity index (χ0n) is 11.3. The first kappa shape index (κ1) is 14.9. The third kappa shape index (κ3) is 4.91. The number of carbonyl (C=O) groups is 1. The van der Waals surface area contributed by atoms with Gasteiger partial charge in [0.2, 0.25) is 5.91 Å². The number of benzene rings is 1. The minimum Gasteiger partial charge on any atom is -0.350 e. The molecule has 1 aromatic carbocycles. The second-order valence-corrected chi connectivity index (χ2v) is 4.73. The molecule has 0 spiro atoms. The number of nitrogens with one attached hydrogen (secondary N) is 1. The summed E-state index contributed by atoms with van der Waals surface area (Å²) in [6, 6.07) is 6.23. The van der Waals surface area contributed by atoms with Crippen molar-refractivity contribution in [2.75, 3.05) is 0 Å². The maximum Gasteiger partial charge on any atom is 0.270 e. The SMILES string of the molecule is CC(C)[C@H](C)NC(=O)/C=C/c1cccc([N+](=O)[O-])c1. The summed E-state index contributed by atoms with van der Waals surface area (Å²) in [5, 5.41) is 13.4. The lowest BCUT2D eigenvalue weighted by molar-refractivity contribution is -0.384. The average Bonchev–Trinajstić information content (AvgIpc) is 2.36. The average molecular weight is 262 g/mol. The van der Waals surface area contributed by atoms with E-state index in [0.29, 0.717) is 11.5 Å². The summed E-state index contributed by atoms with van der Waals surface area (Å²) in [6.07, 6.45) is 2.95. The van der Waals surface area contributed by atoms with E-state index in [4.69, 9.17) is 0 Å². The number of nitro benzene ring substituents is 1. The molecule has 0 aliphatic rings. The summed E-state index contributed by atoms with van der Waals surface area (Å²) in [6.45, 7) is 5.98. The van der Waals surface area contributed by atoms with Crippen LogP contribution in [0.4, 0.5) is 5.69 Å². The van der Waals surface area contributed by atoms with E-state index in [1.54, 1.807) is 18.2 Å². The van der Waals surface area contributed by atoms with Crippen LogP contribution in [0, 0.1) is 16.0 Å². The number of nitrogens with zero attached hydrogens (tertiary/aromatic N) is 1. The topological polar surface area (TPSA) is 72.2 Å². The first-order valence-corrected chi connectivity index (χ1v) is 6.13. The lowest BCUT2D eigenvalue weighted by Crippen LogP contribution is -2.34. The molecule has 1 aromatic rings. The standard InChI is InChI=1S/C14H18N2O3/c1-10(2)11(3)15-14(17)8-7-12-5-4-6-13(9-12)16(18)19/h4-11H,1-3H3,(H,15,17)/b8-7+/t11-/m0/s1. The smallest absolute Gasteiger partial charge is 0.270 e. The third-order valence-electron chi connectivity index (χ3n) is 2.88. The maximum absolute atomic E-state index is 11.6. The van der Waals surface area contributed by atoms with Crippen molar-refractivity contribution < 1.29 is 9.72 Å². The van der Waals surface area contributed by atoms with Gasteiger partial charge >= 0.3 is 0 Å². The minimum absolute atomic E-state index is 0.0121. The lowest BCUT2D eigenvalue weighted by atomic mass is 10.1. The van der Waals surface area contributed by atoms with Gasteiger partial charge in [-0.25, -0.2) is 0 Å². The van der Waals surface area contributed by atoms with Gasteiger partial charge in [0, 0.05) is 24.3 Å². The molecule has 0 aliphatic carbocycles. The maximum atomic E-state index is 11.6. The van der Waals surface area contributed by atoms with Crippen LogP contribution in [-0.4, -0.2) is 16.9 Å². The van der Waals surface area contributed by atoms with E-state index in [1.165, 1.54) is 18.2 Å². The second kappa shape index (κ2) is 6.68. The van der Waals surface area contributed by atoms with Crippen LogP contribution in [0.15, 0.2) is 30.3 Å². The van der Waals surface area contributed by atoms with E-state index in [0.717, 1.165) is 0 Å². The molecule has 0 heterocycles. The van der Waals surface area contributed by atoms with Crippen LogP contribution in [-0.2, 0) is 4.79 Å². The molecule has 0 saturated carbocycles. The molecule has 0 fully saturated rings. The van der Waals surface area contributed by atoms with Crippen LogP contribution >= 0.6 is 0 Å². The van der Waals surface area contributed by atoms with Gasteiger partial charge in [-0.3, -0.25) is 14.9 Å². The predicted molar refractivity (Wildman–Crippen MR) is 74.6 cm³/mol. The van der Waals surface area contributed by atoms with Gasteiger partial charge in [0.05, 0.1) is 4.92 Å². The molecular weight excluding hydrogens is 244 g/mol. The van der Waals surface area contributed by atoms with E-state index < -0.39 is 4.92 Å². The van der Waals surface area contributed by atoms with E-state index in [9.17, 15) is 14.9 Å². The first-order chi connectivity index (χ1) is 8.90. The first-order valence-electron chi connectivity index (χ1n) is 6.13. The van der Waals surface area contributed by atoms with Crippen molar-refractivity contribution in [2.24, 2.45) is 5.92 Å². The van der Waals surface area contributed by atoms with Crippen LogP contribution in [0.1, 0.15) is 26.3 Å². The Morgan fingerprint density at radius 2 is 2.05 bits per heavy atom. The summed E-state index contributed by atoms with van der Waals surface area (Å²) >= 11 is 0. The third-order valence-corrected chi connectivity index (χ3v) is 2.88. The Morgan fingerprint density at radius 3 is 2.63 bits per heavy atom. The Balaban J connectivity index is 2.68. The van der Waals surface area contributed by atoms with Gasteiger partial charge in [0.1, 0.15) is 0 Å². The van der Waals surface area contributed by atoms with E-state index in [-0.39, 0.29) is 17.6 Å². The molecule has 0 radical (unpaired) electrons. The fourth-order valence-electron chi connectivity index (χ4n) is 1.35. The van der Waals surface area contributed by atoms with Crippen LogP contribution < -0.4 is 5.32 Å². The zero-order chi connectivity index (χ0) is 14.4. The molecule has 5 heteroatoms. The van der Waals surface area contributed by atoms with Crippen molar-refractivity contribution in [3.8, 4) is 0 Å². The monoisotopic (exact) mass is 262 g/mol. The fourth-order valence-corrected chi connectivity index (χ4v) is 1.35. The molecule has 5 nitrogen and oxygen atoms in total. The van der Waals surface area contributed by atoms with Gasteiger partial charge in [-0.15, -0.1) is 0 Å².